The Bertz CT molecular complexity index is 581. The molecule has 6 nitrogen and oxygen atoms in total. The fraction of sp³-hybridized carbons (Fsp3) is 0.529. The summed E-state index contributed by atoms with van der Waals surface area (Å²) in [5.74, 6) is -0.132. The van der Waals surface area contributed by atoms with Gasteiger partial charge in [-0.25, -0.2) is 9.78 Å². The van der Waals surface area contributed by atoms with Crippen molar-refractivity contribution in [3.05, 3.63) is 34.0 Å². The Morgan fingerprint density at radius 1 is 1.17 bits per heavy atom. The van der Waals surface area contributed by atoms with Crippen LogP contribution < -0.4 is 0 Å². The monoisotopic (exact) mass is 355 g/mol. The molecule has 0 aliphatic heterocycles. The van der Waals surface area contributed by atoms with E-state index in [2.05, 4.69) is 9.72 Å². The second-order valence-electron chi connectivity index (χ2n) is 5.11. The topological polar surface area (TPSA) is 66.9 Å². The number of rotatable bonds is 9. The third-order valence-electron chi connectivity index (χ3n) is 3.61. The van der Waals surface area contributed by atoms with Gasteiger partial charge in [-0.15, -0.1) is 11.3 Å². The lowest BCUT2D eigenvalue weighted by Crippen LogP contribution is -2.21. The number of methoxy groups -OCH3 is 4. The number of hydrogen-bond donors (Lipinski definition) is 0. The van der Waals surface area contributed by atoms with E-state index in [0.29, 0.717) is 5.76 Å². The van der Waals surface area contributed by atoms with Crippen molar-refractivity contribution >= 4 is 23.4 Å². The standard InChI is InChI=1S/C17H25NO5S/c1-11(15(22-5)9-16(19)23-6)14(21-4)8-7-13-10-24-17(18-13)12(2)20-3/h7-12,14H,1-6H3. The predicted molar refractivity (Wildman–Crippen MR) is 93.6 cm³/mol. The van der Waals surface area contributed by atoms with Crippen LogP contribution in [0.25, 0.3) is 6.08 Å². The normalized spacial score (nSPS) is 16.0. The zero-order valence-electron chi connectivity index (χ0n) is 14.9. The smallest absolute Gasteiger partial charge is 0.333 e. The van der Waals surface area contributed by atoms with Crippen LogP contribution in [-0.2, 0) is 23.7 Å². The molecular formula is C17H25NO5S. The molecular weight excluding hydrogens is 330 g/mol. The van der Waals surface area contributed by atoms with E-state index in [1.165, 1.54) is 20.3 Å². The van der Waals surface area contributed by atoms with E-state index in [1.807, 2.05) is 31.4 Å². The molecule has 3 atom stereocenters. The molecule has 1 rings (SSSR count). The number of nitrogens with zero attached hydrogens (tertiary/aromatic N) is 1. The van der Waals surface area contributed by atoms with Crippen molar-refractivity contribution in [1.29, 1.82) is 0 Å². The number of carbonyl (C=O) groups excluding carboxylic acids is 1. The molecule has 7 heteroatoms. The zero-order valence-corrected chi connectivity index (χ0v) is 15.8. The molecule has 1 heterocycles. The molecule has 1 aromatic rings. The summed E-state index contributed by atoms with van der Waals surface area (Å²) < 4.78 is 20.7. The van der Waals surface area contributed by atoms with E-state index in [1.54, 1.807) is 25.6 Å². The average molecular weight is 355 g/mol. The Labute approximate surface area is 147 Å². The number of carbonyl (C=O) groups is 1. The first-order chi connectivity index (χ1) is 11.5. The summed E-state index contributed by atoms with van der Waals surface area (Å²) in [4.78, 5) is 15.9. The lowest BCUT2D eigenvalue weighted by Gasteiger charge is -2.21. The molecule has 0 fully saturated rings. The van der Waals surface area contributed by atoms with Gasteiger partial charge in [-0.3, -0.25) is 0 Å². The van der Waals surface area contributed by atoms with Gasteiger partial charge in [-0.05, 0) is 13.0 Å². The van der Waals surface area contributed by atoms with E-state index in [0.717, 1.165) is 10.7 Å². The van der Waals surface area contributed by atoms with Gasteiger partial charge >= 0.3 is 5.97 Å². The number of ether oxygens (including phenoxy) is 4. The van der Waals surface area contributed by atoms with Crippen molar-refractivity contribution in [1.82, 2.24) is 4.98 Å². The van der Waals surface area contributed by atoms with Gasteiger partial charge in [0, 0.05) is 25.5 Å². The zero-order chi connectivity index (χ0) is 18.1. The third-order valence-corrected chi connectivity index (χ3v) is 4.63. The Morgan fingerprint density at radius 2 is 1.88 bits per heavy atom. The highest BCUT2D eigenvalue weighted by atomic mass is 32.1. The summed E-state index contributed by atoms with van der Waals surface area (Å²) in [5, 5.41) is 2.88. The molecule has 0 spiro atoms. The van der Waals surface area contributed by atoms with Crippen molar-refractivity contribution in [3.8, 4) is 0 Å². The summed E-state index contributed by atoms with van der Waals surface area (Å²) in [6, 6.07) is 0. The molecule has 1 aromatic heterocycles. The van der Waals surface area contributed by atoms with Gasteiger partial charge in [0.2, 0.25) is 0 Å². The van der Waals surface area contributed by atoms with Gasteiger partial charge < -0.3 is 18.9 Å². The second-order valence-corrected chi connectivity index (χ2v) is 6.00. The molecule has 0 aliphatic rings. The maximum atomic E-state index is 11.4. The van der Waals surface area contributed by atoms with Gasteiger partial charge in [0.25, 0.3) is 0 Å². The van der Waals surface area contributed by atoms with Crippen LogP contribution in [0.4, 0.5) is 0 Å². The van der Waals surface area contributed by atoms with Crippen LogP contribution in [-0.4, -0.2) is 45.5 Å². The molecule has 0 saturated heterocycles. The average Bonchev–Trinajstić information content (AvgIpc) is 3.07. The lowest BCUT2D eigenvalue weighted by molar-refractivity contribution is -0.135. The molecule has 0 radical (unpaired) electrons. The van der Waals surface area contributed by atoms with Crippen LogP contribution in [0, 0.1) is 5.92 Å². The predicted octanol–water partition coefficient (Wildman–Crippen LogP) is 3.22. The van der Waals surface area contributed by atoms with Crippen LogP contribution in [0.2, 0.25) is 0 Å². The van der Waals surface area contributed by atoms with E-state index < -0.39 is 5.97 Å². The fourth-order valence-electron chi connectivity index (χ4n) is 2.02. The van der Waals surface area contributed by atoms with Crippen molar-refractivity contribution in [2.24, 2.45) is 5.92 Å². The summed E-state index contributed by atoms with van der Waals surface area (Å²) in [6.45, 7) is 3.87. The maximum absolute atomic E-state index is 11.4. The minimum absolute atomic E-state index is 0.0302. The number of hydrogen-bond acceptors (Lipinski definition) is 7. The SMILES string of the molecule is COC(=O)C=C(OC)C(C)C(C=Cc1csc(C(C)OC)n1)OC. The van der Waals surface area contributed by atoms with Crippen LogP contribution >= 0.6 is 11.3 Å². The van der Waals surface area contributed by atoms with Gasteiger partial charge in [-0.1, -0.05) is 13.0 Å². The minimum atomic E-state index is -0.463. The first-order valence-electron chi connectivity index (χ1n) is 7.49. The summed E-state index contributed by atoms with van der Waals surface area (Å²) in [6.07, 6.45) is 4.80. The molecule has 0 aromatic carbocycles. The van der Waals surface area contributed by atoms with E-state index in [-0.39, 0.29) is 18.1 Å². The van der Waals surface area contributed by atoms with Crippen LogP contribution in [0.1, 0.15) is 30.7 Å². The van der Waals surface area contributed by atoms with E-state index >= 15 is 0 Å². The third kappa shape index (κ3) is 5.74. The van der Waals surface area contributed by atoms with Gasteiger partial charge in [0.15, 0.2) is 0 Å². The molecule has 0 amide bonds. The highest BCUT2D eigenvalue weighted by molar-refractivity contribution is 7.09. The molecule has 134 valence electrons. The van der Waals surface area contributed by atoms with Crippen LogP contribution in [0.15, 0.2) is 23.3 Å². The highest BCUT2D eigenvalue weighted by Crippen LogP contribution is 2.23. The van der Waals surface area contributed by atoms with Gasteiger partial charge in [0.1, 0.15) is 16.9 Å². The molecule has 3 unspecified atom stereocenters. The Hall–Kier alpha value is -1.70. The van der Waals surface area contributed by atoms with Crippen molar-refractivity contribution in [3.63, 3.8) is 0 Å². The molecule has 0 bridgehead atoms. The van der Waals surface area contributed by atoms with E-state index in [9.17, 15) is 4.79 Å². The minimum Gasteiger partial charge on any atom is -0.500 e. The van der Waals surface area contributed by atoms with Crippen molar-refractivity contribution < 1.29 is 23.7 Å². The largest absolute Gasteiger partial charge is 0.500 e. The van der Waals surface area contributed by atoms with Crippen LogP contribution in [0.5, 0.6) is 0 Å². The van der Waals surface area contributed by atoms with E-state index in [4.69, 9.17) is 14.2 Å². The first-order valence-corrected chi connectivity index (χ1v) is 8.37. The van der Waals surface area contributed by atoms with Gasteiger partial charge in [0.05, 0.1) is 32.1 Å². The van der Waals surface area contributed by atoms with Crippen LogP contribution in [0.3, 0.4) is 0 Å². The highest BCUT2D eigenvalue weighted by Gasteiger charge is 2.20. The van der Waals surface area contributed by atoms with Crippen molar-refractivity contribution in [2.75, 3.05) is 28.4 Å². The Morgan fingerprint density at radius 3 is 2.42 bits per heavy atom. The van der Waals surface area contributed by atoms with Crippen molar-refractivity contribution in [2.45, 2.75) is 26.1 Å². The van der Waals surface area contributed by atoms with Gasteiger partial charge in [-0.2, -0.15) is 0 Å². The summed E-state index contributed by atoms with van der Waals surface area (Å²) in [5.41, 5.74) is 0.837. The Balaban J connectivity index is 2.87. The lowest BCUT2D eigenvalue weighted by atomic mass is 10.0. The maximum Gasteiger partial charge on any atom is 0.333 e. The number of aromatic nitrogens is 1. The summed E-state index contributed by atoms with van der Waals surface area (Å²) >= 11 is 1.55. The number of thiazole rings is 1. The molecule has 0 aliphatic carbocycles. The molecule has 24 heavy (non-hydrogen) atoms. The summed E-state index contributed by atoms with van der Waals surface area (Å²) in [7, 11) is 6.10. The fourth-order valence-corrected chi connectivity index (χ4v) is 2.84. The molecule has 0 saturated carbocycles. The number of esters is 1. The Kier molecular flexibility index (Phi) is 8.67. The first kappa shape index (κ1) is 20.3. The quantitative estimate of drug-likeness (QED) is 0.385. The molecule has 0 N–H and O–H groups in total. The second kappa shape index (κ2) is 10.2.